The smallest absolute Gasteiger partial charge is 0.143 e. The molecule has 0 aliphatic heterocycles. The molecule has 0 bridgehead atoms. The first-order chi connectivity index (χ1) is 6.49. The number of ether oxygens (including phenoxy) is 1. The molecule has 0 atom stereocenters. The van der Waals surface area contributed by atoms with Gasteiger partial charge >= 0.3 is 0 Å². The van der Waals surface area contributed by atoms with Gasteiger partial charge in [0.05, 0.1) is 12.8 Å². The molecule has 4 heteroatoms. The first kappa shape index (κ1) is 14.1. The van der Waals surface area contributed by atoms with Gasteiger partial charge in [0, 0.05) is 0 Å². The molecular formula is C11H19ClN2O. The molecule has 0 saturated carbocycles. The van der Waals surface area contributed by atoms with Crippen LogP contribution in [0.1, 0.15) is 26.3 Å². The molecule has 0 fully saturated rings. The third kappa shape index (κ3) is 3.29. The number of benzene rings is 1. The molecule has 1 aromatic rings. The first-order valence-corrected chi connectivity index (χ1v) is 4.64. The van der Waals surface area contributed by atoms with Gasteiger partial charge in [-0.15, -0.1) is 12.4 Å². The predicted octanol–water partition coefficient (Wildman–Crippen LogP) is 2.70. The summed E-state index contributed by atoms with van der Waals surface area (Å²) in [7, 11) is 1.63. The summed E-state index contributed by atoms with van der Waals surface area (Å²) in [5, 5.41) is 0. The predicted molar refractivity (Wildman–Crippen MR) is 66.8 cm³/mol. The standard InChI is InChI=1S/C11H18N2O.ClH/c1-11(2,3)8-5-6-10(14-4)9(7-8)13-12;/h5-7,13H,12H2,1-4H3;1H. The summed E-state index contributed by atoms with van der Waals surface area (Å²) < 4.78 is 5.16. The van der Waals surface area contributed by atoms with E-state index in [0.29, 0.717) is 0 Å². The van der Waals surface area contributed by atoms with E-state index in [1.165, 1.54) is 5.56 Å². The average molecular weight is 231 g/mol. The summed E-state index contributed by atoms with van der Waals surface area (Å²) in [5.41, 5.74) is 4.80. The average Bonchev–Trinajstić information content (AvgIpc) is 2.15. The Bertz CT molecular complexity index is 321. The maximum atomic E-state index is 5.41. The highest BCUT2D eigenvalue weighted by Crippen LogP contribution is 2.30. The minimum atomic E-state index is 0. The van der Waals surface area contributed by atoms with Crippen LogP contribution in [0.3, 0.4) is 0 Å². The minimum Gasteiger partial charge on any atom is -0.495 e. The van der Waals surface area contributed by atoms with Crippen molar-refractivity contribution in [3.05, 3.63) is 23.8 Å². The maximum absolute atomic E-state index is 5.41. The number of anilines is 1. The van der Waals surface area contributed by atoms with E-state index in [-0.39, 0.29) is 17.8 Å². The lowest BCUT2D eigenvalue weighted by atomic mass is 9.87. The molecule has 0 saturated heterocycles. The van der Waals surface area contributed by atoms with Crippen LogP contribution in [0.4, 0.5) is 5.69 Å². The summed E-state index contributed by atoms with van der Waals surface area (Å²) in [4.78, 5) is 0. The maximum Gasteiger partial charge on any atom is 0.143 e. The van der Waals surface area contributed by atoms with Crippen molar-refractivity contribution in [2.75, 3.05) is 12.5 Å². The number of hydrogen-bond acceptors (Lipinski definition) is 3. The molecule has 0 aromatic heterocycles. The molecule has 3 nitrogen and oxygen atoms in total. The second-order valence-electron chi connectivity index (χ2n) is 4.31. The van der Waals surface area contributed by atoms with Gasteiger partial charge in [0.15, 0.2) is 0 Å². The van der Waals surface area contributed by atoms with Crippen molar-refractivity contribution in [2.45, 2.75) is 26.2 Å². The van der Waals surface area contributed by atoms with Crippen LogP contribution < -0.4 is 16.0 Å². The lowest BCUT2D eigenvalue weighted by molar-refractivity contribution is 0.416. The Morgan fingerprint density at radius 2 is 1.87 bits per heavy atom. The molecule has 1 aromatic carbocycles. The van der Waals surface area contributed by atoms with E-state index in [9.17, 15) is 0 Å². The molecular weight excluding hydrogens is 212 g/mol. The van der Waals surface area contributed by atoms with Crippen LogP contribution in [0.25, 0.3) is 0 Å². The molecule has 0 spiro atoms. The summed E-state index contributed by atoms with van der Waals surface area (Å²) in [5.74, 6) is 6.17. The molecule has 0 aliphatic rings. The molecule has 0 unspecified atom stereocenters. The number of methoxy groups -OCH3 is 1. The zero-order valence-corrected chi connectivity index (χ0v) is 10.4. The van der Waals surface area contributed by atoms with Crippen LogP contribution in [-0.4, -0.2) is 7.11 Å². The van der Waals surface area contributed by atoms with Crippen molar-refractivity contribution in [1.82, 2.24) is 0 Å². The number of hydrazine groups is 1. The zero-order valence-electron chi connectivity index (χ0n) is 9.63. The number of halogens is 1. The number of rotatable bonds is 2. The molecule has 0 heterocycles. The van der Waals surface area contributed by atoms with E-state index >= 15 is 0 Å². The molecule has 86 valence electrons. The van der Waals surface area contributed by atoms with E-state index in [0.717, 1.165) is 11.4 Å². The van der Waals surface area contributed by atoms with Crippen molar-refractivity contribution < 1.29 is 4.74 Å². The van der Waals surface area contributed by atoms with Gasteiger partial charge in [-0.25, -0.2) is 0 Å². The van der Waals surface area contributed by atoms with Crippen LogP contribution in [0.2, 0.25) is 0 Å². The Hall–Kier alpha value is -0.930. The second-order valence-corrected chi connectivity index (χ2v) is 4.31. The third-order valence-electron chi connectivity index (χ3n) is 2.22. The normalized spacial score (nSPS) is 10.5. The van der Waals surface area contributed by atoms with Crippen LogP contribution in [0, 0.1) is 0 Å². The summed E-state index contributed by atoms with van der Waals surface area (Å²) in [6, 6.07) is 5.99. The number of nitrogen functional groups attached to an aromatic ring is 1. The van der Waals surface area contributed by atoms with Crippen molar-refractivity contribution >= 4 is 18.1 Å². The number of hydrogen-bond donors (Lipinski definition) is 2. The molecule has 15 heavy (non-hydrogen) atoms. The lowest BCUT2D eigenvalue weighted by Gasteiger charge is -2.20. The molecule has 1 rings (SSSR count). The highest BCUT2D eigenvalue weighted by Gasteiger charge is 2.15. The van der Waals surface area contributed by atoms with E-state index in [4.69, 9.17) is 10.6 Å². The third-order valence-corrected chi connectivity index (χ3v) is 2.22. The summed E-state index contributed by atoms with van der Waals surface area (Å²) in [6.07, 6.45) is 0. The molecule has 0 aliphatic carbocycles. The van der Waals surface area contributed by atoms with Gasteiger partial charge < -0.3 is 10.2 Å². The van der Waals surface area contributed by atoms with Gasteiger partial charge in [-0.1, -0.05) is 26.8 Å². The van der Waals surface area contributed by atoms with Gasteiger partial charge in [-0.2, -0.15) is 0 Å². The van der Waals surface area contributed by atoms with Gasteiger partial charge in [0.25, 0.3) is 0 Å². The molecule has 0 amide bonds. The fraction of sp³-hybridized carbons (Fsp3) is 0.455. The van der Waals surface area contributed by atoms with Gasteiger partial charge in [0.1, 0.15) is 5.75 Å². The SMILES string of the molecule is COc1ccc(C(C)(C)C)cc1NN.Cl. The number of nitrogens with one attached hydrogen (secondary N) is 1. The Morgan fingerprint density at radius 3 is 2.27 bits per heavy atom. The van der Waals surface area contributed by atoms with Crippen LogP contribution in [-0.2, 0) is 5.41 Å². The van der Waals surface area contributed by atoms with E-state index in [1.54, 1.807) is 7.11 Å². The zero-order chi connectivity index (χ0) is 10.8. The highest BCUT2D eigenvalue weighted by molar-refractivity contribution is 5.85. The van der Waals surface area contributed by atoms with Crippen molar-refractivity contribution in [3.63, 3.8) is 0 Å². The second kappa shape index (κ2) is 5.24. The topological polar surface area (TPSA) is 47.3 Å². The van der Waals surface area contributed by atoms with Gasteiger partial charge in [-0.3, -0.25) is 5.84 Å². The Balaban J connectivity index is 0.00000196. The fourth-order valence-corrected chi connectivity index (χ4v) is 1.29. The Kier molecular flexibility index (Phi) is 4.91. The van der Waals surface area contributed by atoms with E-state index in [1.807, 2.05) is 12.1 Å². The monoisotopic (exact) mass is 230 g/mol. The van der Waals surface area contributed by atoms with Crippen LogP contribution in [0.15, 0.2) is 18.2 Å². The van der Waals surface area contributed by atoms with E-state index in [2.05, 4.69) is 32.3 Å². The first-order valence-electron chi connectivity index (χ1n) is 4.64. The van der Waals surface area contributed by atoms with Gasteiger partial charge in [-0.05, 0) is 23.1 Å². The quantitative estimate of drug-likeness (QED) is 0.607. The summed E-state index contributed by atoms with van der Waals surface area (Å²) in [6.45, 7) is 6.49. The summed E-state index contributed by atoms with van der Waals surface area (Å²) >= 11 is 0. The van der Waals surface area contributed by atoms with Crippen molar-refractivity contribution in [2.24, 2.45) is 5.84 Å². The highest BCUT2D eigenvalue weighted by atomic mass is 35.5. The Morgan fingerprint density at radius 1 is 1.27 bits per heavy atom. The van der Waals surface area contributed by atoms with Crippen molar-refractivity contribution in [3.8, 4) is 5.75 Å². The van der Waals surface area contributed by atoms with Crippen molar-refractivity contribution in [1.29, 1.82) is 0 Å². The number of nitrogens with two attached hydrogens (primary N) is 1. The Labute approximate surface area is 97.4 Å². The van der Waals surface area contributed by atoms with Gasteiger partial charge in [0.2, 0.25) is 0 Å². The largest absolute Gasteiger partial charge is 0.495 e. The fourth-order valence-electron chi connectivity index (χ4n) is 1.29. The molecule has 0 radical (unpaired) electrons. The van der Waals surface area contributed by atoms with Crippen LogP contribution >= 0.6 is 12.4 Å². The molecule has 3 N–H and O–H groups in total. The van der Waals surface area contributed by atoms with E-state index < -0.39 is 0 Å². The lowest BCUT2D eigenvalue weighted by Crippen LogP contribution is -2.14. The minimum absolute atomic E-state index is 0. The van der Waals surface area contributed by atoms with Crippen LogP contribution in [0.5, 0.6) is 5.75 Å².